The van der Waals surface area contributed by atoms with Crippen molar-refractivity contribution in [2.24, 2.45) is 0 Å². The summed E-state index contributed by atoms with van der Waals surface area (Å²) in [7, 11) is -7.89. The Hall–Kier alpha value is -1.29. The highest BCUT2D eigenvalue weighted by molar-refractivity contribution is 7.91. The molecular formula is C23H29Cl2N3O7S3. The number of halogens is 2. The maximum atomic E-state index is 13.7. The highest BCUT2D eigenvalue weighted by Gasteiger charge is 2.43. The van der Waals surface area contributed by atoms with Gasteiger partial charge in [-0.15, -0.1) is 22.9 Å². The summed E-state index contributed by atoms with van der Waals surface area (Å²) in [5.41, 5.74) is 3.10. The molecule has 38 heavy (non-hydrogen) atoms. The lowest BCUT2D eigenvalue weighted by molar-refractivity contribution is -0.202. The monoisotopic (exact) mass is 625 g/mol. The molecule has 10 nitrogen and oxygen atoms in total. The fraction of sp³-hybridized carbons (Fsp3) is 0.522. The maximum Gasteiger partial charge on any atom is 0.263 e. The number of ether oxygens (including phenoxy) is 1. The number of hydroxylamine groups is 1. The molecule has 0 bridgehead atoms. The van der Waals surface area contributed by atoms with Crippen molar-refractivity contribution in [3.63, 3.8) is 0 Å². The third-order valence-corrected chi connectivity index (χ3v) is 12.2. The van der Waals surface area contributed by atoms with Crippen LogP contribution < -0.4 is 5.48 Å². The van der Waals surface area contributed by atoms with Crippen LogP contribution in [0.1, 0.15) is 25.7 Å². The SMILES string of the molecule is O=C(NOC1CCCCO1)C1CN(S(=O)(=O)CCCCl)CCN1S(=O)(=O)c1ccc(-c2ccc(Cl)cc2)s1. The number of nitrogens with one attached hydrogen (secondary N) is 1. The number of thiophene rings is 1. The van der Waals surface area contributed by atoms with Crippen molar-refractivity contribution < 1.29 is 31.2 Å². The second-order valence-electron chi connectivity index (χ2n) is 8.85. The summed E-state index contributed by atoms with van der Waals surface area (Å²) in [5, 5.41) is 0.562. The van der Waals surface area contributed by atoms with Crippen molar-refractivity contribution >= 4 is 60.5 Å². The Morgan fingerprint density at radius 2 is 1.87 bits per heavy atom. The average molecular weight is 627 g/mol. The first-order valence-corrected chi connectivity index (χ1v) is 16.9. The van der Waals surface area contributed by atoms with Gasteiger partial charge >= 0.3 is 0 Å². The van der Waals surface area contributed by atoms with Crippen molar-refractivity contribution in [2.45, 2.75) is 42.2 Å². The molecule has 2 atom stereocenters. The molecule has 2 aromatic rings. The lowest BCUT2D eigenvalue weighted by atomic mass is 10.2. The van der Waals surface area contributed by atoms with Crippen LogP contribution in [0.5, 0.6) is 0 Å². The average Bonchev–Trinajstić information content (AvgIpc) is 3.42. The second-order valence-corrected chi connectivity index (χ2v) is 15.0. The normalized spacial score (nSPS) is 21.8. The van der Waals surface area contributed by atoms with Gasteiger partial charge in [-0.2, -0.15) is 8.61 Å². The van der Waals surface area contributed by atoms with Gasteiger partial charge in [-0.1, -0.05) is 23.7 Å². The van der Waals surface area contributed by atoms with Gasteiger partial charge in [0.25, 0.3) is 15.9 Å². The van der Waals surface area contributed by atoms with Crippen LogP contribution in [0.25, 0.3) is 10.4 Å². The molecule has 2 saturated heterocycles. The minimum absolute atomic E-state index is 0.0372. The van der Waals surface area contributed by atoms with Gasteiger partial charge < -0.3 is 4.74 Å². The van der Waals surface area contributed by atoms with Crippen LogP contribution in [0, 0.1) is 0 Å². The second kappa shape index (κ2) is 12.9. The number of sulfonamides is 2. The quantitative estimate of drug-likeness (QED) is 0.317. The zero-order chi connectivity index (χ0) is 27.3. The van der Waals surface area contributed by atoms with Crippen LogP contribution in [0.4, 0.5) is 0 Å². The minimum Gasteiger partial charge on any atom is -0.350 e. The molecule has 2 fully saturated rings. The number of alkyl halides is 1. The predicted octanol–water partition coefficient (Wildman–Crippen LogP) is 3.28. The van der Waals surface area contributed by atoms with E-state index in [2.05, 4.69) is 5.48 Å². The zero-order valence-corrected chi connectivity index (χ0v) is 24.4. The summed E-state index contributed by atoms with van der Waals surface area (Å²) in [4.78, 5) is 19.3. The van der Waals surface area contributed by atoms with Crippen molar-refractivity contribution in [2.75, 3.05) is 37.9 Å². The number of carbonyl (C=O) groups excluding carboxylic acids is 1. The van der Waals surface area contributed by atoms with Crippen molar-refractivity contribution in [1.82, 2.24) is 14.1 Å². The van der Waals surface area contributed by atoms with Crippen molar-refractivity contribution in [3.8, 4) is 10.4 Å². The minimum atomic E-state index is -4.15. The maximum absolute atomic E-state index is 13.7. The fourth-order valence-corrected chi connectivity index (χ4v) is 9.13. The number of nitrogens with zero attached hydrogens (tertiary/aromatic N) is 2. The Morgan fingerprint density at radius 3 is 2.55 bits per heavy atom. The van der Waals surface area contributed by atoms with E-state index in [1.54, 1.807) is 30.3 Å². The topological polar surface area (TPSA) is 122 Å². The van der Waals surface area contributed by atoms with Crippen LogP contribution in [-0.4, -0.2) is 81.6 Å². The highest BCUT2D eigenvalue weighted by Crippen LogP contribution is 2.34. The fourth-order valence-electron chi connectivity index (χ4n) is 4.20. The molecule has 1 aromatic heterocycles. The Labute approximate surface area is 236 Å². The molecular weight excluding hydrogens is 597 g/mol. The first kappa shape index (κ1) is 29.7. The smallest absolute Gasteiger partial charge is 0.263 e. The van der Waals surface area contributed by atoms with E-state index in [1.807, 2.05) is 0 Å². The van der Waals surface area contributed by atoms with Gasteiger partial charge in [0, 0.05) is 48.4 Å². The third-order valence-electron chi connectivity index (χ3n) is 6.23. The molecule has 2 unspecified atom stereocenters. The van der Waals surface area contributed by atoms with Gasteiger partial charge in [-0.25, -0.2) is 27.2 Å². The summed E-state index contributed by atoms with van der Waals surface area (Å²) >= 11 is 12.7. The molecule has 2 aliphatic heterocycles. The summed E-state index contributed by atoms with van der Waals surface area (Å²) in [6.07, 6.45) is 1.92. The number of hydrogen-bond acceptors (Lipinski definition) is 8. The number of piperazine rings is 1. The predicted molar refractivity (Wildman–Crippen MR) is 146 cm³/mol. The van der Waals surface area contributed by atoms with Crippen LogP contribution in [0.3, 0.4) is 0 Å². The van der Waals surface area contributed by atoms with E-state index >= 15 is 0 Å². The first-order valence-electron chi connectivity index (χ1n) is 12.1. The largest absolute Gasteiger partial charge is 0.350 e. The molecule has 0 saturated carbocycles. The van der Waals surface area contributed by atoms with Crippen LogP contribution in [0.2, 0.25) is 5.02 Å². The molecule has 3 heterocycles. The number of rotatable bonds is 10. The summed E-state index contributed by atoms with van der Waals surface area (Å²) < 4.78 is 60.8. The summed E-state index contributed by atoms with van der Waals surface area (Å²) in [6, 6.07) is 8.83. The van der Waals surface area contributed by atoms with Gasteiger partial charge in [0.15, 0.2) is 6.29 Å². The van der Waals surface area contributed by atoms with Crippen LogP contribution >= 0.6 is 34.5 Å². The van der Waals surface area contributed by atoms with E-state index < -0.39 is 38.3 Å². The number of hydrogen-bond donors (Lipinski definition) is 1. The molecule has 210 valence electrons. The first-order chi connectivity index (χ1) is 18.1. The Balaban J connectivity index is 1.57. The molecule has 1 amide bonds. The molecule has 4 rings (SSSR count). The molecule has 0 spiro atoms. The zero-order valence-electron chi connectivity index (χ0n) is 20.4. The van der Waals surface area contributed by atoms with Gasteiger partial charge in [-0.3, -0.25) is 4.79 Å². The lowest BCUT2D eigenvalue weighted by Crippen LogP contribution is -2.61. The number of benzene rings is 1. The third kappa shape index (κ3) is 7.07. The van der Waals surface area contributed by atoms with E-state index in [0.29, 0.717) is 22.9 Å². The molecule has 1 N–H and O–H groups in total. The standard InChI is InChI=1S/C23H29Cl2N3O7S3/c24-11-3-15-37(30,31)27-12-13-28(19(16-27)23(29)26-35-21-4-1-2-14-34-21)38(32,33)22-10-9-20(36-22)17-5-7-18(25)8-6-17/h5-10,19,21H,1-4,11-16H2,(H,26,29). The number of carbonyl (C=O) groups is 1. The molecule has 15 heteroatoms. The van der Waals surface area contributed by atoms with E-state index in [-0.39, 0.29) is 41.9 Å². The van der Waals surface area contributed by atoms with E-state index in [4.69, 9.17) is 32.8 Å². The molecule has 0 aliphatic carbocycles. The van der Waals surface area contributed by atoms with Crippen molar-refractivity contribution in [1.29, 1.82) is 0 Å². The highest BCUT2D eigenvalue weighted by atomic mass is 35.5. The lowest BCUT2D eigenvalue weighted by Gasteiger charge is -2.38. The van der Waals surface area contributed by atoms with Gasteiger partial charge in [0.2, 0.25) is 10.0 Å². The Bertz CT molecular complexity index is 1310. The molecule has 1 aromatic carbocycles. The van der Waals surface area contributed by atoms with Gasteiger partial charge in [0.1, 0.15) is 10.3 Å². The van der Waals surface area contributed by atoms with Crippen LogP contribution in [-0.2, 0) is 34.4 Å². The van der Waals surface area contributed by atoms with Crippen molar-refractivity contribution in [3.05, 3.63) is 41.4 Å². The summed E-state index contributed by atoms with van der Waals surface area (Å²) in [6.45, 7) is -0.143. The van der Waals surface area contributed by atoms with Gasteiger partial charge in [0.05, 0.1) is 5.75 Å². The van der Waals surface area contributed by atoms with Gasteiger partial charge in [-0.05, 0) is 49.1 Å². The Kier molecular flexibility index (Phi) is 10.1. The van der Waals surface area contributed by atoms with E-state index in [0.717, 1.165) is 38.4 Å². The van der Waals surface area contributed by atoms with E-state index in [9.17, 15) is 21.6 Å². The summed E-state index contributed by atoms with van der Waals surface area (Å²) in [5.74, 6) is -0.796. The Morgan fingerprint density at radius 1 is 1.11 bits per heavy atom. The molecule has 0 radical (unpaired) electrons. The van der Waals surface area contributed by atoms with E-state index in [1.165, 1.54) is 6.07 Å². The van der Waals surface area contributed by atoms with Crippen LogP contribution in [0.15, 0.2) is 40.6 Å². The number of amides is 1. The molecule has 2 aliphatic rings.